The van der Waals surface area contributed by atoms with Crippen molar-refractivity contribution in [2.24, 2.45) is 5.92 Å². The van der Waals surface area contributed by atoms with Gasteiger partial charge in [0, 0.05) is 32.4 Å². The molecule has 3 rings (SSSR count). The summed E-state index contributed by atoms with van der Waals surface area (Å²) in [5, 5.41) is 0. The molecule has 1 aromatic heterocycles. The maximum absolute atomic E-state index is 12.7. The van der Waals surface area contributed by atoms with E-state index in [0.717, 1.165) is 11.1 Å². The molecule has 2 aromatic rings. The number of nitrogens with zero attached hydrogens (tertiary/aromatic N) is 3. The van der Waals surface area contributed by atoms with Gasteiger partial charge in [0.25, 0.3) is 0 Å². The first-order chi connectivity index (χ1) is 11.6. The van der Waals surface area contributed by atoms with Crippen molar-refractivity contribution in [2.45, 2.75) is 12.3 Å². The Morgan fingerprint density at radius 1 is 1.08 bits per heavy atom. The average molecular weight is 321 g/mol. The van der Waals surface area contributed by atoms with Crippen molar-refractivity contribution in [2.75, 3.05) is 14.1 Å². The fourth-order valence-corrected chi connectivity index (χ4v) is 3.04. The molecular weight excluding hydrogens is 302 g/mol. The van der Waals surface area contributed by atoms with Gasteiger partial charge in [-0.3, -0.25) is 9.59 Å². The lowest BCUT2D eigenvalue weighted by Gasteiger charge is -2.30. The molecule has 2 unspecified atom stereocenters. The van der Waals surface area contributed by atoms with Gasteiger partial charge in [-0.2, -0.15) is 0 Å². The van der Waals surface area contributed by atoms with Crippen LogP contribution in [0.15, 0.2) is 54.9 Å². The van der Waals surface area contributed by atoms with E-state index in [9.17, 15) is 9.59 Å². The molecule has 1 aliphatic carbocycles. The monoisotopic (exact) mass is 321 g/mol. The summed E-state index contributed by atoms with van der Waals surface area (Å²) < 4.78 is 0. The van der Waals surface area contributed by atoms with Gasteiger partial charge in [-0.15, -0.1) is 0 Å². The van der Waals surface area contributed by atoms with Crippen molar-refractivity contribution >= 4 is 17.3 Å². The summed E-state index contributed by atoms with van der Waals surface area (Å²) in [4.78, 5) is 35.3. The van der Waals surface area contributed by atoms with Crippen molar-refractivity contribution in [1.82, 2.24) is 14.9 Å². The highest BCUT2D eigenvalue weighted by molar-refractivity contribution is 6.11. The topological polar surface area (TPSA) is 63.2 Å². The van der Waals surface area contributed by atoms with Crippen LogP contribution in [0.1, 0.15) is 23.7 Å². The van der Waals surface area contributed by atoms with Gasteiger partial charge in [-0.05, 0) is 29.7 Å². The maximum atomic E-state index is 12.7. The minimum atomic E-state index is -0.769. The van der Waals surface area contributed by atoms with E-state index in [1.807, 2.05) is 30.3 Å². The van der Waals surface area contributed by atoms with Crippen LogP contribution in [-0.4, -0.2) is 40.7 Å². The number of ketones is 1. The van der Waals surface area contributed by atoms with Crippen LogP contribution >= 0.6 is 0 Å². The van der Waals surface area contributed by atoms with Crippen LogP contribution in [-0.2, 0) is 9.59 Å². The fraction of sp³-hybridized carbons (Fsp3) is 0.263. The predicted molar refractivity (Wildman–Crippen MR) is 91.0 cm³/mol. The third-order valence-electron chi connectivity index (χ3n) is 4.23. The van der Waals surface area contributed by atoms with Crippen LogP contribution in [0, 0.1) is 5.92 Å². The van der Waals surface area contributed by atoms with Crippen LogP contribution in [0.4, 0.5) is 0 Å². The molecule has 0 bridgehead atoms. The van der Waals surface area contributed by atoms with E-state index in [1.54, 1.807) is 38.6 Å². The van der Waals surface area contributed by atoms with Gasteiger partial charge in [0.05, 0.1) is 0 Å². The van der Waals surface area contributed by atoms with Crippen LogP contribution in [0.5, 0.6) is 0 Å². The minimum Gasteiger partial charge on any atom is -0.348 e. The van der Waals surface area contributed by atoms with E-state index in [2.05, 4.69) is 9.97 Å². The molecule has 5 heteroatoms. The Balaban J connectivity index is 2.04. The predicted octanol–water partition coefficient (Wildman–Crippen LogP) is 2.32. The number of aromatic nitrogens is 2. The molecule has 0 saturated carbocycles. The standard InChI is InChI=1S/C19H19N3O2/c1-22(2)19(24)17-15(18-20-9-6-10-21-18)11-14(12-16(17)23)13-7-4-3-5-8-13/h3-10,12,15,17H,11H2,1-2H3. The Bertz CT molecular complexity index is 770. The smallest absolute Gasteiger partial charge is 0.233 e. The van der Waals surface area contributed by atoms with Gasteiger partial charge in [0.15, 0.2) is 5.78 Å². The van der Waals surface area contributed by atoms with Crippen molar-refractivity contribution in [3.63, 3.8) is 0 Å². The summed E-state index contributed by atoms with van der Waals surface area (Å²) in [6, 6.07) is 11.5. The molecular formula is C19H19N3O2. The first-order valence-electron chi connectivity index (χ1n) is 7.86. The fourth-order valence-electron chi connectivity index (χ4n) is 3.04. The number of benzene rings is 1. The highest BCUT2D eigenvalue weighted by Crippen LogP contribution is 2.38. The number of rotatable bonds is 3. The summed E-state index contributed by atoms with van der Waals surface area (Å²) in [7, 11) is 3.32. The van der Waals surface area contributed by atoms with Crippen molar-refractivity contribution in [3.05, 3.63) is 66.3 Å². The summed E-state index contributed by atoms with van der Waals surface area (Å²) in [5.41, 5.74) is 1.91. The lowest BCUT2D eigenvalue weighted by Crippen LogP contribution is -2.40. The van der Waals surface area contributed by atoms with Gasteiger partial charge in [0.1, 0.15) is 11.7 Å². The van der Waals surface area contributed by atoms with Gasteiger partial charge >= 0.3 is 0 Å². The Hall–Kier alpha value is -2.82. The van der Waals surface area contributed by atoms with E-state index in [4.69, 9.17) is 0 Å². The van der Waals surface area contributed by atoms with E-state index in [0.29, 0.717) is 12.2 Å². The number of carbonyl (C=O) groups is 2. The molecule has 5 nitrogen and oxygen atoms in total. The normalized spacial score (nSPS) is 20.4. The molecule has 1 aliphatic rings. The molecule has 0 spiro atoms. The average Bonchev–Trinajstić information content (AvgIpc) is 2.62. The molecule has 0 N–H and O–H groups in total. The van der Waals surface area contributed by atoms with E-state index < -0.39 is 5.92 Å². The van der Waals surface area contributed by atoms with E-state index >= 15 is 0 Å². The SMILES string of the molecule is CN(C)C(=O)C1C(=O)C=C(c2ccccc2)CC1c1ncccn1. The Morgan fingerprint density at radius 2 is 1.75 bits per heavy atom. The Labute approximate surface area is 141 Å². The Kier molecular flexibility index (Phi) is 4.51. The van der Waals surface area contributed by atoms with Crippen LogP contribution in [0.25, 0.3) is 5.57 Å². The van der Waals surface area contributed by atoms with E-state index in [-0.39, 0.29) is 17.6 Å². The maximum Gasteiger partial charge on any atom is 0.233 e. The first kappa shape index (κ1) is 16.1. The highest BCUT2D eigenvalue weighted by Gasteiger charge is 2.40. The largest absolute Gasteiger partial charge is 0.348 e. The van der Waals surface area contributed by atoms with Gasteiger partial charge in [-0.25, -0.2) is 9.97 Å². The van der Waals surface area contributed by atoms with E-state index in [1.165, 1.54) is 4.90 Å². The second-order valence-corrected chi connectivity index (χ2v) is 6.07. The summed E-state index contributed by atoms with van der Waals surface area (Å²) in [6.45, 7) is 0. The molecule has 24 heavy (non-hydrogen) atoms. The third kappa shape index (κ3) is 3.11. The van der Waals surface area contributed by atoms with Crippen molar-refractivity contribution in [3.8, 4) is 0 Å². The number of amides is 1. The minimum absolute atomic E-state index is 0.184. The van der Waals surface area contributed by atoms with Crippen LogP contribution in [0.2, 0.25) is 0 Å². The molecule has 1 amide bonds. The molecule has 2 atom stereocenters. The van der Waals surface area contributed by atoms with Crippen LogP contribution < -0.4 is 0 Å². The number of carbonyl (C=O) groups excluding carboxylic acids is 2. The molecule has 1 heterocycles. The molecule has 0 aliphatic heterocycles. The quantitative estimate of drug-likeness (QED) is 0.814. The molecule has 1 aromatic carbocycles. The van der Waals surface area contributed by atoms with Crippen molar-refractivity contribution < 1.29 is 9.59 Å². The summed E-state index contributed by atoms with van der Waals surface area (Å²) in [6.07, 6.45) is 5.44. The zero-order valence-corrected chi connectivity index (χ0v) is 13.7. The zero-order valence-electron chi connectivity index (χ0n) is 13.7. The third-order valence-corrected chi connectivity index (χ3v) is 4.23. The van der Waals surface area contributed by atoms with Crippen LogP contribution in [0.3, 0.4) is 0 Å². The number of hydrogen-bond acceptors (Lipinski definition) is 4. The highest BCUT2D eigenvalue weighted by atomic mass is 16.2. The molecule has 122 valence electrons. The summed E-state index contributed by atoms with van der Waals surface area (Å²) in [5.74, 6) is -0.978. The van der Waals surface area contributed by atoms with Gasteiger partial charge in [0.2, 0.25) is 5.91 Å². The molecule has 0 radical (unpaired) electrons. The summed E-state index contributed by atoms with van der Waals surface area (Å²) >= 11 is 0. The van der Waals surface area contributed by atoms with Gasteiger partial charge < -0.3 is 4.90 Å². The molecule has 0 saturated heterocycles. The number of hydrogen-bond donors (Lipinski definition) is 0. The second kappa shape index (κ2) is 6.74. The second-order valence-electron chi connectivity index (χ2n) is 6.07. The lowest BCUT2D eigenvalue weighted by atomic mass is 9.76. The first-order valence-corrected chi connectivity index (χ1v) is 7.86. The Morgan fingerprint density at radius 3 is 2.38 bits per heavy atom. The molecule has 0 fully saturated rings. The van der Waals surface area contributed by atoms with Crippen molar-refractivity contribution in [1.29, 1.82) is 0 Å². The number of allylic oxidation sites excluding steroid dienone is 2. The lowest BCUT2D eigenvalue weighted by molar-refractivity contribution is -0.139. The van der Waals surface area contributed by atoms with Gasteiger partial charge in [-0.1, -0.05) is 30.3 Å². The zero-order chi connectivity index (χ0) is 17.1.